The van der Waals surface area contributed by atoms with E-state index in [0.717, 1.165) is 0 Å². The van der Waals surface area contributed by atoms with Gasteiger partial charge >= 0.3 is 0 Å². The van der Waals surface area contributed by atoms with Crippen LogP contribution in [0.3, 0.4) is 0 Å². The largest absolute Gasteiger partial charge is 0.504 e. The molecule has 0 heterocycles. The second-order valence-electron chi connectivity index (χ2n) is 2.80. The van der Waals surface area contributed by atoms with Crippen LogP contribution in [-0.2, 0) is 0 Å². The number of benzene rings is 1. The predicted molar refractivity (Wildman–Crippen MR) is 56.4 cm³/mol. The zero-order valence-electron chi connectivity index (χ0n) is 7.70. The second kappa shape index (κ2) is 4.63. The SMILES string of the molecule is COc1cc(Br)c([C@@H](O)CN)cc1O. The minimum Gasteiger partial charge on any atom is -0.504 e. The molecule has 14 heavy (non-hydrogen) atoms. The number of aliphatic hydroxyl groups is 1. The fourth-order valence-electron chi connectivity index (χ4n) is 1.11. The van der Waals surface area contributed by atoms with E-state index in [9.17, 15) is 10.2 Å². The molecule has 4 N–H and O–H groups in total. The van der Waals surface area contributed by atoms with Gasteiger partial charge in [-0.15, -0.1) is 0 Å². The highest BCUT2D eigenvalue weighted by Crippen LogP contribution is 2.34. The first-order chi connectivity index (χ1) is 6.60. The third-order valence-electron chi connectivity index (χ3n) is 1.88. The lowest BCUT2D eigenvalue weighted by molar-refractivity contribution is 0.185. The molecule has 0 fully saturated rings. The molecule has 1 rings (SSSR count). The molecule has 5 heteroatoms. The molecule has 0 unspecified atom stereocenters. The number of aromatic hydroxyl groups is 1. The third-order valence-corrected chi connectivity index (χ3v) is 2.57. The number of hydrogen-bond donors (Lipinski definition) is 3. The Hall–Kier alpha value is -0.780. The highest BCUT2D eigenvalue weighted by Gasteiger charge is 2.13. The van der Waals surface area contributed by atoms with Crippen LogP contribution in [0.25, 0.3) is 0 Å². The molecule has 1 atom stereocenters. The summed E-state index contributed by atoms with van der Waals surface area (Å²) in [5.74, 6) is 0.336. The van der Waals surface area contributed by atoms with Crippen LogP contribution < -0.4 is 10.5 Å². The van der Waals surface area contributed by atoms with Gasteiger partial charge in [-0.1, -0.05) is 15.9 Å². The number of methoxy groups -OCH3 is 1. The van der Waals surface area contributed by atoms with E-state index in [-0.39, 0.29) is 12.3 Å². The standard InChI is InChI=1S/C9H12BrNO3/c1-14-9-3-6(10)5(2-7(9)12)8(13)4-11/h2-3,8,12-13H,4,11H2,1H3/t8-/m0/s1. The lowest BCUT2D eigenvalue weighted by atomic mass is 10.1. The van der Waals surface area contributed by atoms with E-state index in [2.05, 4.69) is 15.9 Å². The van der Waals surface area contributed by atoms with Gasteiger partial charge in [0.05, 0.1) is 13.2 Å². The van der Waals surface area contributed by atoms with Gasteiger partial charge in [-0.25, -0.2) is 0 Å². The van der Waals surface area contributed by atoms with Crippen LogP contribution in [0.4, 0.5) is 0 Å². The summed E-state index contributed by atoms with van der Waals surface area (Å²) in [6, 6.07) is 3.02. The number of aliphatic hydroxyl groups excluding tert-OH is 1. The van der Waals surface area contributed by atoms with E-state index in [1.54, 1.807) is 6.07 Å². The molecule has 0 spiro atoms. The molecule has 0 amide bonds. The Balaban J connectivity index is 3.14. The van der Waals surface area contributed by atoms with Crippen LogP contribution >= 0.6 is 15.9 Å². The van der Waals surface area contributed by atoms with Gasteiger partial charge < -0.3 is 20.7 Å². The molecule has 0 aromatic heterocycles. The van der Waals surface area contributed by atoms with Gasteiger partial charge in [0.15, 0.2) is 11.5 Å². The number of nitrogens with two attached hydrogens (primary N) is 1. The van der Waals surface area contributed by atoms with Gasteiger partial charge in [0.2, 0.25) is 0 Å². The van der Waals surface area contributed by atoms with Crippen molar-refractivity contribution in [2.24, 2.45) is 5.73 Å². The van der Waals surface area contributed by atoms with E-state index >= 15 is 0 Å². The van der Waals surface area contributed by atoms with Crippen molar-refractivity contribution < 1.29 is 14.9 Å². The van der Waals surface area contributed by atoms with Crippen LogP contribution in [-0.4, -0.2) is 23.9 Å². The number of rotatable bonds is 3. The molecule has 0 radical (unpaired) electrons. The van der Waals surface area contributed by atoms with Gasteiger partial charge in [0, 0.05) is 11.0 Å². The van der Waals surface area contributed by atoms with Crippen molar-refractivity contribution in [1.82, 2.24) is 0 Å². The molecule has 1 aromatic rings. The van der Waals surface area contributed by atoms with E-state index in [0.29, 0.717) is 15.8 Å². The molecular weight excluding hydrogens is 250 g/mol. The van der Waals surface area contributed by atoms with Crippen molar-refractivity contribution in [3.05, 3.63) is 22.2 Å². The van der Waals surface area contributed by atoms with Gasteiger partial charge in [-0.3, -0.25) is 0 Å². The van der Waals surface area contributed by atoms with Crippen LogP contribution in [0.15, 0.2) is 16.6 Å². The minimum atomic E-state index is -0.791. The topological polar surface area (TPSA) is 75.7 Å². The maximum atomic E-state index is 9.49. The molecule has 0 saturated heterocycles. The lowest BCUT2D eigenvalue weighted by Gasteiger charge is -2.12. The monoisotopic (exact) mass is 261 g/mol. The zero-order valence-corrected chi connectivity index (χ0v) is 9.28. The number of phenolic OH excluding ortho intramolecular Hbond substituents is 1. The van der Waals surface area contributed by atoms with Crippen LogP contribution in [0, 0.1) is 0 Å². The average molecular weight is 262 g/mol. The van der Waals surface area contributed by atoms with Crippen LogP contribution in [0.5, 0.6) is 11.5 Å². The summed E-state index contributed by atoms with van der Waals surface area (Å²) < 4.78 is 5.56. The molecule has 0 bridgehead atoms. The first-order valence-electron chi connectivity index (χ1n) is 4.04. The highest BCUT2D eigenvalue weighted by atomic mass is 79.9. The van der Waals surface area contributed by atoms with Crippen molar-refractivity contribution >= 4 is 15.9 Å². The summed E-state index contributed by atoms with van der Waals surface area (Å²) in [4.78, 5) is 0. The van der Waals surface area contributed by atoms with E-state index in [4.69, 9.17) is 10.5 Å². The van der Waals surface area contributed by atoms with Gasteiger partial charge in [-0.2, -0.15) is 0 Å². The molecule has 0 aliphatic carbocycles. The molecule has 78 valence electrons. The van der Waals surface area contributed by atoms with Crippen molar-refractivity contribution in [1.29, 1.82) is 0 Å². The molecule has 1 aromatic carbocycles. The number of ether oxygens (including phenoxy) is 1. The maximum absolute atomic E-state index is 9.49. The highest BCUT2D eigenvalue weighted by molar-refractivity contribution is 9.10. The molecule has 4 nitrogen and oxygen atoms in total. The first-order valence-corrected chi connectivity index (χ1v) is 4.84. The predicted octanol–water partition coefficient (Wildman–Crippen LogP) is 1.16. The fraction of sp³-hybridized carbons (Fsp3) is 0.333. The van der Waals surface area contributed by atoms with Crippen LogP contribution in [0.2, 0.25) is 0 Å². The van der Waals surface area contributed by atoms with Gasteiger partial charge in [0.1, 0.15) is 0 Å². The summed E-state index contributed by atoms with van der Waals surface area (Å²) >= 11 is 3.26. The quantitative estimate of drug-likeness (QED) is 0.763. The Morgan fingerprint density at radius 3 is 2.71 bits per heavy atom. The van der Waals surface area contributed by atoms with E-state index in [1.165, 1.54) is 13.2 Å². The van der Waals surface area contributed by atoms with Crippen molar-refractivity contribution in [3.8, 4) is 11.5 Å². The lowest BCUT2D eigenvalue weighted by Crippen LogP contribution is -2.12. The summed E-state index contributed by atoms with van der Waals surface area (Å²) in [5.41, 5.74) is 5.86. The van der Waals surface area contributed by atoms with E-state index in [1.807, 2.05) is 0 Å². The Morgan fingerprint density at radius 1 is 1.57 bits per heavy atom. The zero-order chi connectivity index (χ0) is 10.7. The Labute approximate surface area is 90.4 Å². The molecular formula is C9H12BrNO3. The maximum Gasteiger partial charge on any atom is 0.161 e. The van der Waals surface area contributed by atoms with Crippen molar-refractivity contribution in [2.75, 3.05) is 13.7 Å². The van der Waals surface area contributed by atoms with Crippen molar-refractivity contribution in [2.45, 2.75) is 6.10 Å². The normalized spacial score (nSPS) is 12.6. The fourth-order valence-corrected chi connectivity index (χ4v) is 1.69. The van der Waals surface area contributed by atoms with Gasteiger partial charge in [-0.05, 0) is 17.7 Å². The average Bonchev–Trinajstić information content (AvgIpc) is 2.19. The molecule has 0 aliphatic rings. The number of halogens is 1. The molecule has 0 aliphatic heterocycles. The van der Waals surface area contributed by atoms with Crippen molar-refractivity contribution in [3.63, 3.8) is 0 Å². The Bertz CT molecular complexity index is 330. The Morgan fingerprint density at radius 2 is 2.21 bits per heavy atom. The third kappa shape index (κ3) is 2.17. The minimum absolute atomic E-state index is 0.0156. The molecule has 0 saturated carbocycles. The summed E-state index contributed by atoms with van der Waals surface area (Å²) in [6.07, 6.45) is -0.791. The smallest absolute Gasteiger partial charge is 0.161 e. The van der Waals surface area contributed by atoms with E-state index < -0.39 is 6.10 Å². The summed E-state index contributed by atoms with van der Waals surface area (Å²) in [6.45, 7) is 0.102. The summed E-state index contributed by atoms with van der Waals surface area (Å²) in [7, 11) is 1.46. The summed E-state index contributed by atoms with van der Waals surface area (Å²) in [5, 5.41) is 19.0. The first kappa shape index (κ1) is 11.3. The van der Waals surface area contributed by atoms with Crippen LogP contribution in [0.1, 0.15) is 11.7 Å². The number of hydrogen-bond acceptors (Lipinski definition) is 4. The number of phenols is 1. The Kier molecular flexibility index (Phi) is 3.74. The second-order valence-corrected chi connectivity index (χ2v) is 3.65. The van der Waals surface area contributed by atoms with Gasteiger partial charge in [0.25, 0.3) is 0 Å².